The number of hydrogen-bond acceptors (Lipinski definition) is 3. The predicted octanol–water partition coefficient (Wildman–Crippen LogP) is 2.69. The van der Waals surface area contributed by atoms with E-state index in [-0.39, 0.29) is 5.25 Å². The van der Waals surface area contributed by atoms with Crippen LogP contribution in [0, 0.1) is 0 Å². The lowest BCUT2D eigenvalue weighted by Gasteiger charge is -2.09. The van der Waals surface area contributed by atoms with Gasteiger partial charge in [0.25, 0.3) is 0 Å². The molecule has 4 heteroatoms. The summed E-state index contributed by atoms with van der Waals surface area (Å²) in [5.74, 6) is 0. The Morgan fingerprint density at radius 2 is 1.75 bits per heavy atom. The summed E-state index contributed by atoms with van der Waals surface area (Å²) in [5, 5.41) is 2.83. The number of nitrogens with one attached hydrogen (secondary N) is 1. The molecule has 1 aromatic rings. The second kappa shape index (κ2) is 5.34. The molecule has 0 fully saturated rings. The maximum Gasteiger partial charge on any atom is 0.180 e. The highest BCUT2D eigenvalue weighted by Gasteiger charge is 2.18. The highest BCUT2D eigenvalue weighted by atomic mass is 32.2. The minimum absolute atomic E-state index is 0.373. The molecule has 1 N–H and O–H groups in total. The van der Waals surface area contributed by atoms with Crippen molar-refractivity contribution in [2.75, 3.05) is 11.9 Å². The van der Waals surface area contributed by atoms with Crippen LogP contribution >= 0.6 is 0 Å². The van der Waals surface area contributed by atoms with Crippen LogP contribution in [0.5, 0.6) is 0 Å². The summed E-state index contributed by atoms with van der Waals surface area (Å²) in [7, 11) is -3.14. The number of benzene rings is 1. The average molecular weight is 241 g/mol. The third kappa shape index (κ3) is 2.98. The van der Waals surface area contributed by atoms with E-state index >= 15 is 0 Å². The van der Waals surface area contributed by atoms with Crippen LogP contribution in [0.15, 0.2) is 29.2 Å². The molecule has 1 aromatic carbocycles. The maximum absolute atomic E-state index is 11.8. The van der Waals surface area contributed by atoms with Gasteiger partial charge >= 0.3 is 0 Å². The minimum atomic E-state index is -3.14. The molecule has 0 amide bonds. The van der Waals surface area contributed by atoms with Gasteiger partial charge in [0.05, 0.1) is 10.1 Å². The second-order valence-electron chi connectivity index (χ2n) is 4.04. The molecule has 0 radical (unpaired) electrons. The smallest absolute Gasteiger partial charge is 0.180 e. The largest absolute Gasteiger partial charge is 0.385 e. The van der Waals surface area contributed by atoms with E-state index in [2.05, 4.69) is 12.2 Å². The van der Waals surface area contributed by atoms with Crippen LogP contribution in [0.1, 0.15) is 27.2 Å². The van der Waals surface area contributed by atoms with Gasteiger partial charge in [0.1, 0.15) is 0 Å². The lowest BCUT2D eigenvalue weighted by molar-refractivity contribution is 0.587. The van der Waals surface area contributed by atoms with E-state index in [1.165, 1.54) is 0 Å². The van der Waals surface area contributed by atoms with Crippen molar-refractivity contribution in [1.82, 2.24) is 0 Å². The van der Waals surface area contributed by atoms with E-state index in [4.69, 9.17) is 0 Å². The van der Waals surface area contributed by atoms with Crippen LogP contribution in [0.2, 0.25) is 0 Å². The SMILES string of the molecule is CCCNc1ccc(S(=O)(=O)C(C)C)cc1. The van der Waals surface area contributed by atoms with Crippen LogP contribution < -0.4 is 5.32 Å². The summed E-state index contributed by atoms with van der Waals surface area (Å²) in [4.78, 5) is 0.393. The summed E-state index contributed by atoms with van der Waals surface area (Å²) < 4.78 is 23.7. The Morgan fingerprint density at radius 1 is 1.19 bits per heavy atom. The molecule has 0 aliphatic carbocycles. The third-order valence-electron chi connectivity index (χ3n) is 2.38. The van der Waals surface area contributed by atoms with Crippen molar-refractivity contribution in [2.24, 2.45) is 0 Å². The van der Waals surface area contributed by atoms with Gasteiger partial charge in [-0.15, -0.1) is 0 Å². The van der Waals surface area contributed by atoms with Gasteiger partial charge in [0.15, 0.2) is 9.84 Å². The molecule has 1 rings (SSSR count). The second-order valence-corrected chi connectivity index (χ2v) is 6.55. The van der Waals surface area contributed by atoms with Crippen molar-refractivity contribution < 1.29 is 8.42 Å². The Morgan fingerprint density at radius 3 is 2.19 bits per heavy atom. The van der Waals surface area contributed by atoms with Gasteiger partial charge < -0.3 is 5.32 Å². The summed E-state index contributed by atoms with van der Waals surface area (Å²) >= 11 is 0. The molecule has 90 valence electrons. The zero-order chi connectivity index (χ0) is 12.2. The van der Waals surface area contributed by atoms with Crippen molar-refractivity contribution in [1.29, 1.82) is 0 Å². The Bertz CT molecular complexity index is 421. The first-order valence-corrected chi connectivity index (χ1v) is 7.11. The molecular formula is C12H19NO2S. The average Bonchev–Trinajstić information content (AvgIpc) is 2.26. The van der Waals surface area contributed by atoms with E-state index in [1.54, 1.807) is 26.0 Å². The monoisotopic (exact) mass is 241 g/mol. The standard InChI is InChI=1S/C12H19NO2S/c1-4-9-13-11-5-7-12(8-6-11)16(14,15)10(2)3/h5-8,10,13H,4,9H2,1-3H3. The zero-order valence-electron chi connectivity index (χ0n) is 10.0. The van der Waals surface area contributed by atoms with Gasteiger partial charge in [-0.1, -0.05) is 6.92 Å². The van der Waals surface area contributed by atoms with Gasteiger partial charge in [-0.2, -0.15) is 0 Å². The van der Waals surface area contributed by atoms with Crippen molar-refractivity contribution >= 4 is 15.5 Å². The number of anilines is 1. The lowest BCUT2D eigenvalue weighted by atomic mass is 10.3. The van der Waals surface area contributed by atoms with Gasteiger partial charge in [-0.05, 0) is 44.5 Å². The predicted molar refractivity (Wildman–Crippen MR) is 67.5 cm³/mol. The Hall–Kier alpha value is -1.03. The summed E-state index contributed by atoms with van der Waals surface area (Å²) in [6.07, 6.45) is 1.05. The third-order valence-corrected chi connectivity index (χ3v) is 4.55. The molecule has 0 spiro atoms. The molecule has 0 atom stereocenters. The van der Waals surface area contributed by atoms with Crippen LogP contribution in [-0.2, 0) is 9.84 Å². The summed E-state index contributed by atoms with van der Waals surface area (Å²) in [6, 6.07) is 6.94. The summed E-state index contributed by atoms with van der Waals surface area (Å²) in [6.45, 7) is 6.37. The van der Waals surface area contributed by atoms with Crippen molar-refractivity contribution in [3.05, 3.63) is 24.3 Å². The molecule has 0 aliphatic heterocycles. The molecule has 0 heterocycles. The normalized spacial score (nSPS) is 11.8. The fourth-order valence-corrected chi connectivity index (χ4v) is 2.36. The van der Waals surface area contributed by atoms with Crippen LogP contribution in [0.4, 0.5) is 5.69 Å². The molecule has 0 bridgehead atoms. The van der Waals surface area contributed by atoms with E-state index in [0.717, 1.165) is 18.7 Å². The van der Waals surface area contributed by atoms with Crippen LogP contribution in [-0.4, -0.2) is 20.2 Å². The van der Waals surface area contributed by atoms with E-state index in [0.29, 0.717) is 4.90 Å². The molecule has 0 aromatic heterocycles. The Kier molecular flexibility index (Phi) is 4.35. The highest BCUT2D eigenvalue weighted by Crippen LogP contribution is 2.18. The van der Waals surface area contributed by atoms with Gasteiger partial charge in [-0.3, -0.25) is 0 Å². The van der Waals surface area contributed by atoms with Crippen LogP contribution in [0.3, 0.4) is 0 Å². The first-order valence-electron chi connectivity index (χ1n) is 5.56. The number of sulfone groups is 1. The Labute approximate surface area is 97.8 Å². The van der Waals surface area contributed by atoms with Crippen LogP contribution in [0.25, 0.3) is 0 Å². The fourth-order valence-electron chi connectivity index (χ4n) is 1.30. The van der Waals surface area contributed by atoms with Crippen molar-refractivity contribution in [3.8, 4) is 0 Å². The molecule has 0 unspecified atom stereocenters. The molecular weight excluding hydrogens is 222 g/mol. The molecule has 3 nitrogen and oxygen atoms in total. The number of hydrogen-bond donors (Lipinski definition) is 1. The topological polar surface area (TPSA) is 46.2 Å². The molecule has 0 saturated heterocycles. The van der Waals surface area contributed by atoms with E-state index in [9.17, 15) is 8.42 Å². The first kappa shape index (κ1) is 13.0. The number of rotatable bonds is 5. The quantitative estimate of drug-likeness (QED) is 0.862. The van der Waals surface area contributed by atoms with Gasteiger partial charge in [0.2, 0.25) is 0 Å². The first-order chi connectivity index (χ1) is 7.48. The fraction of sp³-hybridized carbons (Fsp3) is 0.500. The zero-order valence-corrected chi connectivity index (χ0v) is 10.8. The Balaban J connectivity index is 2.87. The van der Waals surface area contributed by atoms with E-state index in [1.807, 2.05) is 12.1 Å². The summed E-state index contributed by atoms with van der Waals surface area (Å²) in [5.41, 5.74) is 0.963. The minimum Gasteiger partial charge on any atom is -0.385 e. The highest BCUT2D eigenvalue weighted by molar-refractivity contribution is 7.92. The van der Waals surface area contributed by atoms with E-state index < -0.39 is 9.84 Å². The maximum atomic E-state index is 11.8. The van der Waals surface area contributed by atoms with Crippen molar-refractivity contribution in [2.45, 2.75) is 37.3 Å². The van der Waals surface area contributed by atoms with Crippen molar-refractivity contribution in [3.63, 3.8) is 0 Å². The van der Waals surface area contributed by atoms with Gasteiger partial charge in [0, 0.05) is 12.2 Å². The lowest BCUT2D eigenvalue weighted by Crippen LogP contribution is -2.13. The van der Waals surface area contributed by atoms with Gasteiger partial charge in [-0.25, -0.2) is 8.42 Å². The molecule has 16 heavy (non-hydrogen) atoms. The molecule has 0 aliphatic rings. The molecule has 0 saturated carbocycles.